The average molecular weight is 300 g/mol. The van der Waals surface area contributed by atoms with Crippen molar-refractivity contribution in [1.29, 1.82) is 0 Å². The summed E-state index contributed by atoms with van der Waals surface area (Å²) >= 11 is 0. The molecule has 0 bridgehead atoms. The van der Waals surface area contributed by atoms with Gasteiger partial charge in [0, 0.05) is 5.54 Å². The first-order valence-electron chi connectivity index (χ1n) is 9.26. The van der Waals surface area contributed by atoms with E-state index in [1.165, 1.54) is 44.9 Å². The number of rotatable bonds is 6. The molecule has 1 heteroatoms. The minimum absolute atomic E-state index is 0.0797. The molecule has 4 atom stereocenters. The van der Waals surface area contributed by atoms with Crippen molar-refractivity contribution in [2.75, 3.05) is 0 Å². The van der Waals surface area contributed by atoms with Crippen LogP contribution in [-0.4, -0.2) is 5.54 Å². The first kappa shape index (κ1) is 16.1. The summed E-state index contributed by atoms with van der Waals surface area (Å²) in [5.41, 5.74) is 10.8. The molecular weight excluding hydrogens is 266 g/mol. The predicted octanol–water partition coefficient (Wildman–Crippen LogP) is 5.53. The first-order chi connectivity index (χ1) is 10.4. The Balaban J connectivity index is 1.90. The molecule has 0 heterocycles. The number of hydrogen-bond acceptors (Lipinski definition) is 1. The van der Waals surface area contributed by atoms with Crippen molar-refractivity contribution >= 4 is 0 Å². The van der Waals surface area contributed by atoms with Gasteiger partial charge in [-0.05, 0) is 48.9 Å². The Labute approximate surface area is 136 Å². The average Bonchev–Trinajstić information content (AvgIpc) is 2.97. The van der Waals surface area contributed by atoms with Gasteiger partial charge in [0.05, 0.1) is 0 Å². The highest BCUT2D eigenvalue weighted by atomic mass is 14.9. The van der Waals surface area contributed by atoms with Gasteiger partial charge in [-0.3, -0.25) is 0 Å². The lowest BCUT2D eigenvalue weighted by Crippen LogP contribution is -2.72. The largest absolute Gasteiger partial charge is 0.321 e. The normalized spacial score (nSPS) is 42.9. The summed E-state index contributed by atoms with van der Waals surface area (Å²) in [6.45, 7) is 9.34. The van der Waals surface area contributed by atoms with Crippen molar-refractivity contribution in [3.05, 3.63) is 35.5 Å². The van der Waals surface area contributed by atoms with Crippen molar-refractivity contribution in [1.82, 2.24) is 0 Å². The second-order valence-corrected chi connectivity index (χ2v) is 8.42. The summed E-state index contributed by atoms with van der Waals surface area (Å²) in [5, 5.41) is 0. The highest BCUT2D eigenvalue weighted by Gasteiger charge is 2.69. The van der Waals surface area contributed by atoms with E-state index >= 15 is 0 Å². The van der Waals surface area contributed by atoms with Crippen LogP contribution in [-0.2, 0) is 0 Å². The third-order valence-corrected chi connectivity index (χ3v) is 6.95. The predicted molar refractivity (Wildman–Crippen MR) is 95.6 cm³/mol. The van der Waals surface area contributed by atoms with Gasteiger partial charge in [0.15, 0.2) is 0 Å². The Kier molecular flexibility index (Phi) is 3.92. The molecule has 3 rings (SSSR count). The molecule has 0 amide bonds. The van der Waals surface area contributed by atoms with Gasteiger partial charge in [-0.1, -0.05) is 76.0 Å². The second-order valence-electron chi connectivity index (χ2n) is 8.42. The number of fused-ring (bicyclic) bond motifs is 1. The van der Waals surface area contributed by atoms with E-state index in [1.807, 2.05) is 0 Å². The van der Waals surface area contributed by atoms with E-state index in [9.17, 15) is 0 Å². The molecule has 0 saturated heterocycles. The summed E-state index contributed by atoms with van der Waals surface area (Å²) < 4.78 is 0. The van der Waals surface area contributed by atoms with Crippen molar-refractivity contribution in [3.8, 4) is 0 Å². The molecule has 0 aliphatic heterocycles. The topological polar surface area (TPSA) is 26.0 Å². The van der Waals surface area contributed by atoms with Crippen LogP contribution in [0, 0.1) is 16.7 Å². The van der Waals surface area contributed by atoms with Gasteiger partial charge in [-0.2, -0.15) is 0 Å². The summed E-state index contributed by atoms with van der Waals surface area (Å²) in [7, 11) is 0. The molecular formula is C21H33N. The Morgan fingerprint density at radius 2 is 2.09 bits per heavy atom. The fourth-order valence-corrected chi connectivity index (χ4v) is 5.55. The smallest absolute Gasteiger partial charge is 0.0460 e. The molecule has 1 saturated carbocycles. The first-order valence-corrected chi connectivity index (χ1v) is 9.26. The fraction of sp³-hybridized carbons (Fsp3) is 0.714. The zero-order chi connectivity index (χ0) is 16.0. The van der Waals surface area contributed by atoms with Gasteiger partial charge in [-0.15, -0.1) is 0 Å². The van der Waals surface area contributed by atoms with Crippen molar-refractivity contribution in [2.24, 2.45) is 22.5 Å². The van der Waals surface area contributed by atoms with E-state index < -0.39 is 0 Å². The van der Waals surface area contributed by atoms with Crippen molar-refractivity contribution in [2.45, 2.75) is 78.2 Å². The lowest BCUT2D eigenvalue weighted by atomic mass is 9.40. The standard InChI is InChI=1S/C21H33N/c1-5-7-11-20(14-18-10-8-9-16(18)3)15-19(4)12-17(6-2)13-21(19,20)22/h8-10,13,16H,5-7,11-12,14-15,22H2,1-4H3. The molecule has 3 aliphatic rings. The molecule has 0 aromatic rings. The van der Waals surface area contributed by atoms with Gasteiger partial charge in [0.2, 0.25) is 0 Å². The Morgan fingerprint density at radius 1 is 1.32 bits per heavy atom. The van der Waals surface area contributed by atoms with Crippen LogP contribution in [0.1, 0.15) is 72.6 Å². The van der Waals surface area contributed by atoms with Crippen LogP contribution in [0.5, 0.6) is 0 Å². The van der Waals surface area contributed by atoms with Gasteiger partial charge in [0.1, 0.15) is 0 Å². The molecule has 122 valence electrons. The van der Waals surface area contributed by atoms with Crippen LogP contribution in [0.3, 0.4) is 0 Å². The van der Waals surface area contributed by atoms with Crippen LogP contribution in [0.15, 0.2) is 35.5 Å². The lowest BCUT2D eigenvalue weighted by Gasteiger charge is -2.67. The molecule has 3 aliphatic carbocycles. The van der Waals surface area contributed by atoms with E-state index in [0.29, 0.717) is 16.7 Å². The molecule has 0 spiro atoms. The van der Waals surface area contributed by atoms with Crippen LogP contribution in [0.2, 0.25) is 0 Å². The SMILES string of the molecule is CCCCC1(CC2=CC=CC2C)CC2(C)CC(CC)=CC21N. The molecule has 4 unspecified atom stereocenters. The number of hydrogen-bond donors (Lipinski definition) is 1. The summed E-state index contributed by atoms with van der Waals surface area (Å²) in [6, 6.07) is 0. The van der Waals surface area contributed by atoms with Gasteiger partial charge in [0.25, 0.3) is 0 Å². The summed E-state index contributed by atoms with van der Waals surface area (Å²) in [4.78, 5) is 0. The van der Waals surface area contributed by atoms with Gasteiger partial charge < -0.3 is 5.73 Å². The zero-order valence-corrected chi connectivity index (χ0v) is 14.9. The van der Waals surface area contributed by atoms with Crippen LogP contribution in [0.25, 0.3) is 0 Å². The maximum absolute atomic E-state index is 7.13. The van der Waals surface area contributed by atoms with Crippen LogP contribution in [0.4, 0.5) is 0 Å². The molecule has 1 fully saturated rings. The molecule has 1 nitrogen and oxygen atoms in total. The molecule has 0 radical (unpaired) electrons. The number of unbranched alkanes of at least 4 members (excludes halogenated alkanes) is 1. The highest BCUT2D eigenvalue weighted by molar-refractivity contribution is 5.42. The lowest BCUT2D eigenvalue weighted by molar-refractivity contribution is -0.108. The van der Waals surface area contributed by atoms with Crippen molar-refractivity contribution < 1.29 is 0 Å². The monoisotopic (exact) mass is 299 g/mol. The van der Waals surface area contributed by atoms with E-state index in [0.717, 1.165) is 0 Å². The summed E-state index contributed by atoms with van der Waals surface area (Å²) in [5.74, 6) is 0.602. The molecule has 2 N–H and O–H groups in total. The minimum Gasteiger partial charge on any atom is -0.321 e. The maximum atomic E-state index is 7.13. The minimum atomic E-state index is -0.0797. The quantitative estimate of drug-likeness (QED) is 0.641. The maximum Gasteiger partial charge on any atom is 0.0460 e. The Hall–Kier alpha value is -0.820. The van der Waals surface area contributed by atoms with Crippen molar-refractivity contribution in [3.63, 3.8) is 0 Å². The number of allylic oxidation sites excluding steroid dienone is 5. The van der Waals surface area contributed by atoms with E-state index in [1.54, 1.807) is 11.1 Å². The molecule has 0 aromatic heterocycles. The third-order valence-electron chi connectivity index (χ3n) is 6.95. The highest BCUT2D eigenvalue weighted by Crippen LogP contribution is 2.71. The van der Waals surface area contributed by atoms with E-state index in [2.05, 4.69) is 52.0 Å². The van der Waals surface area contributed by atoms with E-state index in [-0.39, 0.29) is 5.54 Å². The van der Waals surface area contributed by atoms with Gasteiger partial charge >= 0.3 is 0 Å². The third kappa shape index (κ3) is 2.08. The van der Waals surface area contributed by atoms with Crippen LogP contribution >= 0.6 is 0 Å². The Bertz CT molecular complexity index is 540. The zero-order valence-electron chi connectivity index (χ0n) is 14.9. The molecule has 0 aromatic carbocycles. The second kappa shape index (κ2) is 5.37. The van der Waals surface area contributed by atoms with Gasteiger partial charge in [-0.25, -0.2) is 0 Å². The fourth-order valence-electron chi connectivity index (χ4n) is 5.55. The molecule has 22 heavy (non-hydrogen) atoms. The Morgan fingerprint density at radius 3 is 2.68 bits per heavy atom. The summed E-state index contributed by atoms with van der Waals surface area (Å²) in [6.07, 6.45) is 18.1. The van der Waals surface area contributed by atoms with Crippen LogP contribution < -0.4 is 5.73 Å². The number of nitrogens with two attached hydrogens (primary N) is 1. The van der Waals surface area contributed by atoms with E-state index in [4.69, 9.17) is 5.73 Å².